The van der Waals surface area contributed by atoms with Crippen molar-refractivity contribution in [1.82, 2.24) is 19.4 Å². The Morgan fingerprint density at radius 1 is 1.33 bits per heavy atom. The van der Waals surface area contributed by atoms with Crippen LogP contribution in [-0.4, -0.2) is 42.6 Å². The van der Waals surface area contributed by atoms with Gasteiger partial charge >= 0.3 is 0 Å². The molecule has 0 aliphatic heterocycles. The average molecular weight is 415 g/mol. The molecule has 1 aromatic carbocycles. The van der Waals surface area contributed by atoms with Gasteiger partial charge in [0.15, 0.2) is 0 Å². The number of aryl methyl sites for hydroxylation is 1. The Morgan fingerprint density at radius 3 is 2.58 bits per heavy atom. The van der Waals surface area contributed by atoms with Crippen LogP contribution in [0, 0.1) is 0 Å². The number of benzene rings is 1. The van der Waals surface area contributed by atoms with Crippen molar-refractivity contribution in [1.29, 1.82) is 0 Å². The number of amides is 1. The van der Waals surface area contributed by atoms with Gasteiger partial charge in [0.25, 0.3) is 0 Å². The Kier molecular flexibility index (Phi) is 6.14. The number of rotatable bonds is 7. The van der Waals surface area contributed by atoms with E-state index < -0.39 is 10.0 Å². The summed E-state index contributed by atoms with van der Waals surface area (Å²) in [6, 6.07) is 6.31. The van der Waals surface area contributed by atoms with Crippen LogP contribution < -0.4 is 4.72 Å². The van der Waals surface area contributed by atoms with Gasteiger partial charge in [0.1, 0.15) is 0 Å². The minimum Gasteiger partial charge on any atom is -0.341 e. The van der Waals surface area contributed by atoms with Crippen molar-refractivity contribution >= 4 is 31.9 Å². The molecule has 0 spiro atoms. The summed E-state index contributed by atoms with van der Waals surface area (Å²) in [7, 11) is -0.122. The van der Waals surface area contributed by atoms with E-state index in [1.165, 1.54) is 12.1 Å². The molecule has 1 aromatic heterocycles. The van der Waals surface area contributed by atoms with Crippen molar-refractivity contribution < 1.29 is 13.2 Å². The van der Waals surface area contributed by atoms with E-state index in [0.29, 0.717) is 6.54 Å². The summed E-state index contributed by atoms with van der Waals surface area (Å²) in [4.78, 5) is 13.8. The molecular formula is C15H19BrN4O3S. The van der Waals surface area contributed by atoms with Gasteiger partial charge in [0.05, 0.1) is 11.1 Å². The zero-order valence-electron chi connectivity index (χ0n) is 13.4. The summed E-state index contributed by atoms with van der Waals surface area (Å²) in [6.45, 7) is 0.487. The van der Waals surface area contributed by atoms with E-state index in [9.17, 15) is 13.2 Å². The Balaban J connectivity index is 1.84. The number of nitrogens with one attached hydrogen (secondary N) is 1. The molecule has 0 fully saturated rings. The average Bonchev–Trinajstić information content (AvgIpc) is 2.92. The standard InChI is InChI=1S/C15H19BrN4O3S/c1-19(10-12-9-17-20(2)11-12)15(21)7-8-18-24(22,23)14-5-3-13(16)4-6-14/h3-6,9,11,18H,7-8,10H2,1-2H3. The number of sulfonamides is 1. The Morgan fingerprint density at radius 2 is 2.00 bits per heavy atom. The normalized spacial score (nSPS) is 11.5. The molecule has 9 heteroatoms. The molecule has 0 aliphatic rings. The van der Waals surface area contributed by atoms with E-state index in [2.05, 4.69) is 25.8 Å². The van der Waals surface area contributed by atoms with E-state index in [1.807, 2.05) is 13.2 Å². The highest BCUT2D eigenvalue weighted by atomic mass is 79.9. The lowest BCUT2D eigenvalue weighted by Gasteiger charge is -2.16. The van der Waals surface area contributed by atoms with Crippen LogP contribution in [-0.2, 0) is 28.4 Å². The van der Waals surface area contributed by atoms with Gasteiger partial charge in [-0.25, -0.2) is 13.1 Å². The largest absolute Gasteiger partial charge is 0.341 e. The Labute approximate surface area is 149 Å². The summed E-state index contributed by atoms with van der Waals surface area (Å²) in [5.74, 6) is -0.141. The third kappa shape index (κ3) is 5.15. The molecule has 2 aromatic rings. The van der Waals surface area contributed by atoms with Crippen molar-refractivity contribution in [3.63, 3.8) is 0 Å². The maximum absolute atomic E-state index is 12.1. The molecule has 0 radical (unpaired) electrons. The van der Waals surface area contributed by atoms with E-state index in [4.69, 9.17) is 0 Å². The molecule has 1 heterocycles. The molecule has 2 rings (SSSR count). The molecule has 1 amide bonds. The topological polar surface area (TPSA) is 84.3 Å². The zero-order valence-corrected chi connectivity index (χ0v) is 15.8. The number of hydrogen-bond acceptors (Lipinski definition) is 4. The zero-order chi connectivity index (χ0) is 17.7. The minimum atomic E-state index is -3.61. The smallest absolute Gasteiger partial charge is 0.240 e. The van der Waals surface area contributed by atoms with E-state index in [-0.39, 0.29) is 23.8 Å². The second-order valence-corrected chi connectivity index (χ2v) is 8.06. The first-order valence-electron chi connectivity index (χ1n) is 7.24. The molecule has 24 heavy (non-hydrogen) atoms. The van der Waals surface area contributed by atoms with Crippen molar-refractivity contribution in [2.75, 3.05) is 13.6 Å². The predicted molar refractivity (Wildman–Crippen MR) is 93.6 cm³/mol. The first kappa shape index (κ1) is 18.6. The van der Waals surface area contributed by atoms with Crippen molar-refractivity contribution in [3.8, 4) is 0 Å². The van der Waals surface area contributed by atoms with Crippen LogP contribution >= 0.6 is 15.9 Å². The molecular weight excluding hydrogens is 396 g/mol. The first-order chi connectivity index (χ1) is 11.3. The van der Waals surface area contributed by atoms with Crippen LogP contribution in [0.1, 0.15) is 12.0 Å². The van der Waals surface area contributed by atoms with Crippen LogP contribution in [0.25, 0.3) is 0 Å². The van der Waals surface area contributed by atoms with Crippen LogP contribution in [0.15, 0.2) is 46.0 Å². The number of halogens is 1. The lowest BCUT2D eigenvalue weighted by molar-refractivity contribution is -0.130. The van der Waals surface area contributed by atoms with Crippen molar-refractivity contribution in [3.05, 3.63) is 46.7 Å². The molecule has 130 valence electrons. The number of carbonyl (C=O) groups is 1. The predicted octanol–water partition coefficient (Wildman–Crippen LogP) is 1.51. The van der Waals surface area contributed by atoms with Gasteiger partial charge in [0.2, 0.25) is 15.9 Å². The van der Waals surface area contributed by atoms with Gasteiger partial charge in [-0.15, -0.1) is 0 Å². The molecule has 0 atom stereocenters. The highest BCUT2D eigenvalue weighted by Crippen LogP contribution is 2.14. The van der Waals surface area contributed by atoms with E-state index >= 15 is 0 Å². The Hall–Kier alpha value is -1.71. The summed E-state index contributed by atoms with van der Waals surface area (Å²) in [6.07, 6.45) is 3.62. The second-order valence-electron chi connectivity index (χ2n) is 5.37. The van der Waals surface area contributed by atoms with Crippen LogP contribution in [0.3, 0.4) is 0 Å². The fourth-order valence-electron chi connectivity index (χ4n) is 2.10. The maximum atomic E-state index is 12.1. The number of hydrogen-bond donors (Lipinski definition) is 1. The fraction of sp³-hybridized carbons (Fsp3) is 0.333. The Bertz CT molecular complexity index is 802. The fourth-order valence-corrected chi connectivity index (χ4v) is 3.39. The maximum Gasteiger partial charge on any atom is 0.240 e. The van der Waals surface area contributed by atoms with Gasteiger partial charge in [-0.1, -0.05) is 15.9 Å². The minimum absolute atomic E-state index is 0.0502. The number of aromatic nitrogens is 2. The van der Waals surface area contributed by atoms with Gasteiger partial charge in [-0.3, -0.25) is 9.48 Å². The van der Waals surface area contributed by atoms with Gasteiger partial charge in [-0.2, -0.15) is 5.10 Å². The first-order valence-corrected chi connectivity index (χ1v) is 9.52. The molecule has 0 bridgehead atoms. The summed E-state index contributed by atoms with van der Waals surface area (Å²) >= 11 is 3.26. The van der Waals surface area contributed by atoms with Gasteiger partial charge < -0.3 is 4.90 Å². The molecule has 1 N–H and O–H groups in total. The summed E-state index contributed by atoms with van der Waals surface area (Å²) in [5, 5.41) is 4.05. The monoisotopic (exact) mass is 414 g/mol. The number of carbonyl (C=O) groups excluding carboxylic acids is 1. The van der Waals surface area contributed by atoms with Gasteiger partial charge in [0, 0.05) is 49.8 Å². The summed E-state index contributed by atoms with van der Waals surface area (Å²) < 4.78 is 29.2. The lowest BCUT2D eigenvalue weighted by Crippen LogP contribution is -2.31. The van der Waals surface area contributed by atoms with Crippen LogP contribution in [0.5, 0.6) is 0 Å². The van der Waals surface area contributed by atoms with E-state index in [0.717, 1.165) is 10.0 Å². The van der Waals surface area contributed by atoms with Crippen molar-refractivity contribution in [2.45, 2.75) is 17.9 Å². The molecule has 0 saturated heterocycles. The van der Waals surface area contributed by atoms with Crippen LogP contribution in [0.4, 0.5) is 0 Å². The third-order valence-corrected chi connectivity index (χ3v) is 5.36. The molecule has 0 saturated carbocycles. The molecule has 0 aliphatic carbocycles. The third-order valence-electron chi connectivity index (χ3n) is 3.36. The summed E-state index contributed by atoms with van der Waals surface area (Å²) in [5.41, 5.74) is 0.920. The van der Waals surface area contributed by atoms with Gasteiger partial charge in [-0.05, 0) is 24.3 Å². The lowest BCUT2D eigenvalue weighted by atomic mass is 10.3. The van der Waals surface area contributed by atoms with Crippen LogP contribution in [0.2, 0.25) is 0 Å². The molecule has 7 nitrogen and oxygen atoms in total. The highest BCUT2D eigenvalue weighted by Gasteiger charge is 2.15. The second kappa shape index (κ2) is 7.91. The van der Waals surface area contributed by atoms with Crippen molar-refractivity contribution in [2.24, 2.45) is 7.05 Å². The SMILES string of the molecule is CN(Cc1cnn(C)c1)C(=O)CCNS(=O)(=O)c1ccc(Br)cc1. The molecule has 0 unspecified atom stereocenters. The number of nitrogens with zero attached hydrogens (tertiary/aromatic N) is 3. The van der Waals surface area contributed by atoms with E-state index in [1.54, 1.807) is 35.0 Å². The quantitative estimate of drug-likeness (QED) is 0.743. The highest BCUT2D eigenvalue weighted by molar-refractivity contribution is 9.10.